The maximum Gasteiger partial charge on any atom is 0.259 e. The molecule has 0 saturated heterocycles. The molecule has 0 radical (unpaired) electrons. The fourth-order valence-corrected chi connectivity index (χ4v) is 5.07. The molecule has 27 heavy (non-hydrogen) atoms. The average molecular weight is 392 g/mol. The number of ether oxygens (including phenoxy) is 1. The van der Waals surface area contributed by atoms with Crippen LogP contribution in [-0.2, 0) is 24.1 Å². The molecule has 0 spiro atoms. The molecule has 0 bridgehead atoms. The Morgan fingerprint density at radius 1 is 1.56 bits per heavy atom. The summed E-state index contributed by atoms with van der Waals surface area (Å²) in [5, 5.41) is 10.9. The van der Waals surface area contributed by atoms with Gasteiger partial charge < -0.3 is 14.8 Å². The van der Waals surface area contributed by atoms with E-state index in [0.29, 0.717) is 44.6 Å². The summed E-state index contributed by atoms with van der Waals surface area (Å²) in [7, 11) is 0. The summed E-state index contributed by atoms with van der Waals surface area (Å²) in [5.74, 6) is 1.30. The summed E-state index contributed by atoms with van der Waals surface area (Å²) in [5.41, 5.74) is 1.15. The van der Waals surface area contributed by atoms with E-state index in [2.05, 4.69) is 18.5 Å². The minimum atomic E-state index is -0.587. The molecule has 2 aromatic rings. The molecule has 2 N–H and O–H groups in total. The predicted molar refractivity (Wildman–Crippen MR) is 109 cm³/mol. The Balaban J connectivity index is 1.81. The van der Waals surface area contributed by atoms with Gasteiger partial charge in [0.2, 0.25) is 0 Å². The lowest BCUT2D eigenvalue weighted by molar-refractivity contribution is 0.0214. The SMILES string of the molecule is C=CCN(Cc1nc2sc3c(c2c(=O)[nH]1)CC[C@@H](C)C3)C[C@@H](O)COCC. The number of aryl methyl sites for hydroxylation is 1. The molecule has 148 valence electrons. The highest BCUT2D eigenvalue weighted by atomic mass is 32.1. The number of nitrogens with one attached hydrogen (secondary N) is 1. The molecule has 1 aliphatic carbocycles. The Bertz CT molecular complexity index is 845. The Kier molecular flexibility index (Phi) is 6.81. The van der Waals surface area contributed by atoms with Crippen molar-refractivity contribution in [3.8, 4) is 0 Å². The third kappa shape index (κ3) is 4.85. The Morgan fingerprint density at radius 3 is 3.11 bits per heavy atom. The number of H-pyrrole nitrogens is 1. The molecule has 6 nitrogen and oxygen atoms in total. The van der Waals surface area contributed by atoms with Crippen molar-refractivity contribution in [1.82, 2.24) is 14.9 Å². The van der Waals surface area contributed by atoms with Gasteiger partial charge in [-0.1, -0.05) is 13.0 Å². The number of aromatic nitrogens is 2. The van der Waals surface area contributed by atoms with Crippen LogP contribution < -0.4 is 5.56 Å². The molecule has 2 atom stereocenters. The van der Waals surface area contributed by atoms with E-state index in [1.54, 1.807) is 17.4 Å². The summed E-state index contributed by atoms with van der Waals surface area (Å²) >= 11 is 1.66. The van der Waals surface area contributed by atoms with E-state index in [-0.39, 0.29) is 5.56 Å². The molecule has 7 heteroatoms. The monoisotopic (exact) mass is 391 g/mol. The number of fused-ring (bicyclic) bond motifs is 3. The van der Waals surface area contributed by atoms with E-state index in [1.165, 1.54) is 10.4 Å². The highest BCUT2D eigenvalue weighted by molar-refractivity contribution is 7.18. The fourth-order valence-electron chi connectivity index (χ4n) is 3.67. The summed E-state index contributed by atoms with van der Waals surface area (Å²) in [6, 6.07) is 0. The second-order valence-electron chi connectivity index (χ2n) is 7.34. The van der Waals surface area contributed by atoms with Crippen molar-refractivity contribution in [2.75, 3.05) is 26.3 Å². The molecule has 0 aliphatic heterocycles. The summed E-state index contributed by atoms with van der Waals surface area (Å²) in [4.78, 5) is 24.6. The zero-order chi connectivity index (χ0) is 19.4. The van der Waals surface area contributed by atoms with Gasteiger partial charge in [0.05, 0.1) is 24.6 Å². The van der Waals surface area contributed by atoms with Gasteiger partial charge in [-0.3, -0.25) is 9.69 Å². The van der Waals surface area contributed by atoms with Crippen LogP contribution in [0.4, 0.5) is 0 Å². The van der Waals surface area contributed by atoms with Gasteiger partial charge in [-0.2, -0.15) is 0 Å². The van der Waals surface area contributed by atoms with Crippen LogP contribution in [0.5, 0.6) is 0 Å². The van der Waals surface area contributed by atoms with Crippen LogP contribution in [0.2, 0.25) is 0 Å². The number of nitrogens with zero attached hydrogens (tertiary/aromatic N) is 2. The molecule has 1 aliphatic rings. The number of hydrogen-bond donors (Lipinski definition) is 2. The van der Waals surface area contributed by atoms with Crippen LogP contribution in [0.25, 0.3) is 10.2 Å². The molecule has 0 saturated carbocycles. The molecular formula is C20H29N3O3S. The van der Waals surface area contributed by atoms with Crippen LogP contribution in [0, 0.1) is 5.92 Å². The second-order valence-corrected chi connectivity index (χ2v) is 8.42. The van der Waals surface area contributed by atoms with Crippen LogP contribution >= 0.6 is 11.3 Å². The number of rotatable bonds is 9. The van der Waals surface area contributed by atoms with Gasteiger partial charge in [0, 0.05) is 24.6 Å². The Hall–Kier alpha value is -1.54. The van der Waals surface area contributed by atoms with Crippen molar-refractivity contribution in [2.24, 2.45) is 5.92 Å². The topological polar surface area (TPSA) is 78.5 Å². The highest BCUT2D eigenvalue weighted by Gasteiger charge is 2.23. The van der Waals surface area contributed by atoms with Gasteiger partial charge in [0.15, 0.2) is 0 Å². The molecule has 0 amide bonds. The first-order valence-corrected chi connectivity index (χ1v) is 10.5. The molecule has 0 fully saturated rings. The fraction of sp³-hybridized carbons (Fsp3) is 0.600. The van der Waals surface area contributed by atoms with Crippen LogP contribution in [-0.4, -0.2) is 52.4 Å². The molecule has 0 unspecified atom stereocenters. The largest absolute Gasteiger partial charge is 0.389 e. The van der Waals surface area contributed by atoms with Crippen molar-refractivity contribution in [3.05, 3.63) is 39.3 Å². The molecule has 2 aromatic heterocycles. The van der Waals surface area contributed by atoms with Crippen molar-refractivity contribution in [1.29, 1.82) is 0 Å². The number of hydrogen-bond acceptors (Lipinski definition) is 6. The normalized spacial score (nSPS) is 18.0. The van der Waals surface area contributed by atoms with Gasteiger partial charge in [-0.15, -0.1) is 17.9 Å². The lowest BCUT2D eigenvalue weighted by Crippen LogP contribution is -2.35. The van der Waals surface area contributed by atoms with Crippen molar-refractivity contribution >= 4 is 21.6 Å². The first-order valence-electron chi connectivity index (χ1n) is 9.64. The molecule has 3 rings (SSSR count). The average Bonchev–Trinajstić information content (AvgIpc) is 2.97. The Morgan fingerprint density at radius 2 is 2.37 bits per heavy atom. The van der Waals surface area contributed by atoms with Crippen molar-refractivity contribution < 1.29 is 9.84 Å². The standard InChI is InChI=1S/C20H29N3O3S/c1-4-8-23(10-14(24)12-26-5-2)11-17-21-19(25)18-15-7-6-13(3)9-16(15)27-20(18)22-17/h4,13-14,24H,1,5-12H2,2-3H3,(H,21,22,25)/t13-,14-/m1/s1. The first-order chi connectivity index (χ1) is 13.0. The number of aromatic amines is 1. The zero-order valence-corrected chi connectivity index (χ0v) is 17.0. The third-order valence-corrected chi connectivity index (χ3v) is 6.11. The lowest BCUT2D eigenvalue weighted by Gasteiger charge is -2.23. The molecular weight excluding hydrogens is 362 g/mol. The third-order valence-electron chi connectivity index (χ3n) is 4.96. The first kappa shape index (κ1) is 20.2. The number of aliphatic hydroxyl groups is 1. The minimum absolute atomic E-state index is 0.0459. The van der Waals surface area contributed by atoms with Gasteiger partial charge >= 0.3 is 0 Å². The maximum absolute atomic E-state index is 12.7. The zero-order valence-electron chi connectivity index (χ0n) is 16.2. The van der Waals surface area contributed by atoms with Crippen LogP contribution in [0.3, 0.4) is 0 Å². The van der Waals surface area contributed by atoms with E-state index in [9.17, 15) is 9.90 Å². The summed E-state index contributed by atoms with van der Waals surface area (Å²) in [6.07, 6.45) is 4.33. The van der Waals surface area contributed by atoms with E-state index in [0.717, 1.165) is 29.5 Å². The quantitative estimate of drug-likeness (QED) is 0.642. The van der Waals surface area contributed by atoms with Crippen LogP contribution in [0.15, 0.2) is 17.4 Å². The lowest BCUT2D eigenvalue weighted by atomic mass is 9.89. The van der Waals surface area contributed by atoms with E-state index < -0.39 is 6.10 Å². The van der Waals surface area contributed by atoms with Crippen LogP contribution in [0.1, 0.15) is 36.5 Å². The van der Waals surface area contributed by atoms with E-state index >= 15 is 0 Å². The van der Waals surface area contributed by atoms with E-state index in [4.69, 9.17) is 9.72 Å². The Labute approximate surface area is 163 Å². The highest BCUT2D eigenvalue weighted by Crippen LogP contribution is 2.35. The van der Waals surface area contributed by atoms with Crippen molar-refractivity contribution in [3.63, 3.8) is 0 Å². The summed E-state index contributed by atoms with van der Waals surface area (Å²) in [6.45, 7) is 10.3. The number of aliphatic hydroxyl groups excluding tert-OH is 1. The maximum atomic E-state index is 12.7. The van der Waals surface area contributed by atoms with Gasteiger partial charge in [-0.25, -0.2) is 4.98 Å². The molecule has 2 heterocycles. The van der Waals surface area contributed by atoms with Gasteiger partial charge in [-0.05, 0) is 37.7 Å². The minimum Gasteiger partial charge on any atom is -0.389 e. The predicted octanol–water partition coefficient (Wildman–Crippen LogP) is 2.49. The molecule has 0 aromatic carbocycles. The van der Waals surface area contributed by atoms with E-state index in [1.807, 2.05) is 11.8 Å². The second kappa shape index (κ2) is 9.10. The summed E-state index contributed by atoms with van der Waals surface area (Å²) < 4.78 is 5.28. The number of thiophene rings is 1. The van der Waals surface area contributed by atoms with Gasteiger partial charge in [0.25, 0.3) is 5.56 Å². The smallest absolute Gasteiger partial charge is 0.259 e. The van der Waals surface area contributed by atoms with Crippen molar-refractivity contribution in [2.45, 2.75) is 45.8 Å². The van der Waals surface area contributed by atoms with Gasteiger partial charge in [0.1, 0.15) is 10.7 Å².